The summed E-state index contributed by atoms with van der Waals surface area (Å²) in [4.78, 5) is 28.3. The lowest BCUT2D eigenvalue weighted by Crippen LogP contribution is -2.58. The lowest BCUT2D eigenvalue weighted by Gasteiger charge is -2.44. The summed E-state index contributed by atoms with van der Waals surface area (Å²) >= 11 is 0. The highest BCUT2D eigenvalue weighted by Crippen LogP contribution is 2.28. The van der Waals surface area contributed by atoms with Crippen molar-refractivity contribution >= 4 is 17.6 Å². The number of urea groups is 1. The molecule has 3 amide bonds. The average Bonchev–Trinajstić information content (AvgIpc) is 2.71. The van der Waals surface area contributed by atoms with Gasteiger partial charge in [0.1, 0.15) is 11.9 Å². The molecule has 0 aromatic heterocycles. The number of hydrogen-bond donors (Lipinski definition) is 2. The number of anilines is 1. The number of fused-ring (bicyclic) bond motifs is 1. The van der Waals surface area contributed by atoms with Crippen molar-refractivity contribution in [1.82, 2.24) is 9.80 Å². The quantitative estimate of drug-likeness (QED) is 0.761. The molecule has 9 heteroatoms. The number of ether oxygens (including phenoxy) is 3. The van der Waals surface area contributed by atoms with Crippen LogP contribution in [0.15, 0.2) is 24.3 Å². The fourth-order valence-electron chi connectivity index (χ4n) is 3.85. The SMILES string of the molecule is COc1cccc(NC(=O)N2C[C@H](O)COC[C@@H]3O[C@H](CC(=O)N(C)C)CC[C@H]32)c1. The van der Waals surface area contributed by atoms with Crippen LogP contribution in [0.1, 0.15) is 19.3 Å². The lowest BCUT2D eigenvalue weighted by atomic mass is 9.95. The molecule has 1 aromatic carbocycles. The third kappa shape index (κ3) is 5.62. The third-order valence-corrected chi connectivity index (χ3v) is 5.46. The molecule has 2 N–H and O–H groups in total. The van der Waals surface area contributed by atoms with E-state index in [9.17, 15) is 14.7 Å². The van der Waals surface area contributed by atoms with Crippen LogP contribution in [0.4, 0.5) is 10.5 Å². The van der Waals surface area contributed by atoms with Crippen LogP contribution < -0.4 is 10.1 Å². The van der Waals surface area contributed by atoms with E-state index >= 15 is 0 Å². The zero-order valence-electron chi connectivity index (χ0n) is 17.7. The van der Waals surface area contributed by atoms with Gasteiger partial charge in [0, 0.05) is 25.8 Å². The fourth-order valence-corrected chi connectivity index (χ4v) is 3.85. The molecule has 0 spiro atoms. The molecule has 0 saturated carbocycles. The van der Waals surface area contributed by atoms with Gasteiger partial charge >= 0.3 is 6.03 Å². The lowest BCUT2D eigenvalue weighted by molar-refractivity contribution is -0.153. The highest BCUT2D eigenvalue weighted by molar-refractivity contribution is 5.89. The van der Waals surface area contributed by atoms with Gasteiger partial charge in [0.15, 0.2) is 0 Å². The molecule has 0 radical (unpaired) electrons. The van der Waals surface area contributed by atoms with Crippen LogP contribution in [-0.2, 0) is 14.3 Å². The minimum atomic E-state index is -0.782. The molecule has 0 aliphatic carbocycles. The van der Waals surface area contributed by atoms with Crippen LogP contribution in [0.2, 0.25) is 0 Å². The van der Waals surface area contributed by atoms with Gasteiger partial charge in [0.25, 0.3) is 0 Å². The number of nitrogens with zero attached hydrogens (tertiary/aromatic N) is 2. The molecule has 2 saturated heterocycles. The van der Waals surface area contributed by atoms with E-state index in [0.717, 1.165) is 0 Å². The Morgan fingerprint density at radius 1 is 1.30 bits per heavy atom. The summed E-state index contributed by atoms with van der Waals surface area (Å²) in [6.07, 6.45) is 0.265. The first-order valence-electron chi connectivity index (χ1n) is 10.2. The Kier molecular flexibility index (Phi) is 7.52. The van der Waals surface area contributed by atoms with Gasteiger partial charge in [0.2, 0.25) is 5.91 Å². The number of benzene rings is 1. The molecule has 2 aliphatic rings. The normalized spacial score (nSPS) is 26.7. The zero-order chi connectivity index (χ0) is 21.7. The molecular weight excluding hydrogens is 390 g/mol. The van der Waals surface area contributed by atoms with Gasteiger partial charge in [-0.25, -0.2) is 4.79 Å². The number of nitrogens with one attached hydrogen (secondary N) is 1. The number of carbonyl (C=O) groups is 2. The standard InChI is InChI=1S/C21H31N3O6/c1-23(2)20(26)10-17-7-8-18-19(30-17)13-29-12-15(25)11-24(18)21(27)22-14-5-4-6-16(9-14)28-3/h4-6,9,15,17-19,25H,7-8,10-13H2,1-3H3,(H,22,27)/t15-,17-,18+,19-/m0/s1. The van der Waals surface area contributed by atoms with E-state index in [0.29, 0.717) is 30.7 Å². The Bertz CT molecular complexity index is 743. The highest BCUT2D eigenvalue weighted by Gasteiger charge is 2.40. The van der Waals surface area contributed by atoms with Crippen molar-refractivity contribution in [2.75, 3.05) is 46.3 Å². The van der Waals surface area contributed by atoms with E-state index in [1.807, 2.05) is 0 Å². The molecule has 1 aromatic rings. The maximum Gasteiger partial charge on any atom is 0.322 e. The number of carbonyl (C=O) groups excluding carboxylic acids is 2. The van der Waals surface area contributed by atoms with Crippen LogP contribution in [0.3, 0.4) is 0 Å². The van der Waals surface area contributed by atoms with Crippen molar-refractivity contribution in [3.63, 3.8) is 0 Å². The highest BCUT2D eigenvalue weighted by atomic mass is 16.5. The van der Waals surface area contributed by atoms with Crippen molar-refractivity contribution in [1.29, 1.82) is 0 Å². The molecule has 2 heterocycles. The van der Waals surface area contributed by atoms with Crippen molar-refractivity contribution in [2.24, 2.45) is 0 Å². The van der Waals surface area contributed by atoms with E-state index in [-0.39, 0.29) is 49.9 Å². The first-order valence-corrected chi connectivity index (χ1v) is 10.2. The van der Waals surface area contributed by atoms with Crippen LogP contribution in [-0.4, -0.2) is 92.2 Å². The molecule has 2 aliphatic heterocycles. The van der Waals surface area contributed by atoms with Gasteiger partial charge < -0.3 is 34.4 Å². The summed E-state index contributed by atoms with van der Waals surface area (Å²) in [5.41, 5.74) is 0.606. The maximum atomic E-state index is 13.1. The average molecular weight is 421 g/mol. The van der Waals surface area contributed by atoms with Gasteiger partial charge in [0.05, 0.1) is 51.5 Å². The second-order valence-electron chi connectivity index (χ2n) is 7.94. The van der Waals surface area contributed by atoms with E-state index in [4.69, 9.17) is 14.2 Å². The summed E-state index contributed by atoms with van der Waals surface area (Å²) in [7, 11) is 5.01. The van der Waals surface area contributed by atoms with E-state index in [1.165, 1.54) is 0 Å². The number of β-amino-alcohol motifs (C(OH)–C–C–N with tert-alkyl or cyclic N) is 1. The summed E-state index contributed by atoms with van der Waals surface area (Å²) < 4.78 is 17.0. The predicted octanol–water partition coefficient (Wildman–Crippen LogP) is 1.31. The number of amides is 3. The largest absolute Gasteiger partial charge is 0.497 e. The van der Waals surface area contributed by atoms with Crippen LogP contribution in [0.5, 0.6) is 5.75 Å². The molecule has 166 valence electrons. The Morgan fingerprint density at radius 2 is 2.10 bits per heavy atom. The second kappa shape index (κ2) is 10.1. The van der Waals surface area contributed by atoms with Crippen molar-refractivity contribution < 1.29 is 28.9 Å². The Balaban J connectivity index is 1.71. The molecule has 3 rings (SSSR count). The number of rotatable bonds is 4. The predicted molar refractivity (Wildman–Crippen MR) is 111 cm³/mol. The van der Waals surface area contributed by atoms with E-state index < -0.39 is 6.10 Å². The van der Waals surface area contributed by atoms with Crippen molar-refractivity contribution in [3.8, 4) is 5.75 Å². The summed E-state index contributed by atoms with van der Waals surface area (Å²) in [5, 5.41) is 13.1. The summed E-state index contributed by atoms with van der Waals surface area (Å²) in [6, 6.07) is 6.54. The molecule has 0 bridgehead atoms. The number of hydrogen-bond acceptors (Lipinski definition) is 6. The van der Waals surface area contributed by atoms with Gasteiger partial charge in [-0.2, -0.15) is 0 Å². The maximum absolute atomic E-state index is 13.1. The van der Waals surface area contributed by atoms with Crippen LogP contribution in [0.25, 0.3) is 0 Å². The van der Waals surface area contributed by atoms with Gasteiger partial charge in [-0.15, -0.1) is 0 Å². The third-order valence-electron chi connectivity index (χ3n) is 5.46. The summed E-state index contributed by atoms with van der Waals surface area (Å²) in [5.74, 6) is 0.648. The summed E-state index contributed by atoms with van der Waals surface area (Å²) in [6.45, 7) is 0.524. The Morgan fingerprint density at radius 3 is 2.83 bits per heavy atom. The molecule has 2 fully saturated rings. The number of aliphatic hydroxyl groups is 1. The van der Waals surface area contributed by atoms with Crippen LogP contribution >= 0.6 is 0 Å². The topological polar surface area (TPSA) is 101 Å². The van der Waals surface area contributed by atoms with Gasteiger partial charge in [-0.3, -0.25) is 4.79 Å². The van der Waals surface area contributed by atoms with Crippen molar-refractivity contribution in [3.05, 3.63) is 24.3 Å². The number of aliphatic hydroxyl groups excluding tert-OH is 1. The Hall–Kier alpha value is -2.36. The van der Waals surface area contributed by atoms with E-state index in [1.54, 1.807) is 55.3 Å². The van der Waals surface area contributed by atoms with Gasteiger partial charge in [-0.1, -0.05) is 6.07 Å². The molecule has 0 unspecified atom stereocenters. The molecule has 9 nitrogen and oxygen atoms in total. The molecule has 4 atom stereocenters. The molecule has 30 heavy (non-hydrogen) atoms. The Labute approximate surface area is 176 Å². The van der Waals surface area contributed by atoms with Gasteiger partial charge in [-0.05, 0) is 25.0 Å². The molecular formula is C21H31N3O6. The minimum Gasteiger partial charge on any atom is -0.497 e. The smallest absolute Gasteiger partial charge is 0.322 e. The number of methoxy groups -OCH3 is 1. The minimum absolute atomic E-state index is 0.00765. The fraction of sp³-hybridized carbons (Fsp3) is 0.619. The first kappa shape index (κ1) is 22.3. The van der Waals surface area contributed by atoms with Crippen LogP contribution in [0, 0.1) is 0 Å². The van der Waals surface area contributed by atoms with Crippen molar-refractivity contribution in [2.45, 2.75) is 43.6 Å². The second-order valence-corrected chi connectivity index (χ2v) is 7.94. The zero-order valence-corrected chi connectivity index (χ0v) is 17.7. The monoisotopic (exact) mass is 421 g/mol. The van der Waals surface area contributed by atoms with E-state index in [2.05, 4.69) is 5.32 Å². The first-order chi connectivity index (χ1) is 14.4.